The summed E-state index contributed by atoms with van der Waals surface area (Å²) in [4.78, 5) is 4.25. The van der Waals surface area contributed by atoms with Gasteiger partial charge >= 0.3 is 6.08 Å². The fraction of sp³-hybridized carbons (Fsp3) is 0.727. The summed E-state index contributed by atoms with van der Waals surface area (Å²) in [5.74, 6) is 0. The van der Waals surface area contributed by atoms with Crippen LogP contribution in [0.1, 0.15) is 38.3 Å². The van der Waals surface area contributed by atoms with Crippen LogP contribution in [0.25, 0.3) is 0 Å². The van der Waals surface area contributed by atoms with Gasteiger partial charge in [0.25, 0.3) is 0 Å². The van der Waals surface area contributed by atoms with Crippen LogP contribution in [0.5, 0.6) is 6.08 Å². The van der Waals surface area contributed by atoms with Crippen LogP contribution in [0.15, 0.2) is 10.7 Å². The summed E-state index contributed by atoms with van der Waals surface area (Å²) >= 11 is 0. The topological polar surface area (TPSA) is 47.3 Å². The third-order valence-corrected chi connectivity index (χ3v) is 2.58. The molecule has 1 fully saturated rings. The number of hydrogen-bond donors (Lipinski definition) is 1. The smallest absolute Gasteiger partial charge is 0.394 e. The molecule has 0 aromatic carbocycles. The van der Waals surface area contributed by atoms with Gasteiger partial charge in [0.1, 0.15) is 12.4 Å². The summed E-state index contributed by atoms with van der Waals surface area (Å²) in [6.45, 7) is 3.90. The standard InChI is InChI=1S/C11H18N2O2/c1-2-6-12-7-9-8-14-11(13-9)15-10-4-3-5-10/h8,10,12H,2-7H2,1H3. The molecule has 0 amide bonds. The summed E-state index contributed by atoms with van der Waals surface area (Å²) < 4.78 is 10.8. The minimum atomic E-state index is 0.333. The molecule has 0 atom stereocenters. The van der Waals surface area contributed by atoms with Crippen molar-refractivity contribution in [3.63, 3.8) is 0 Å². The first-order valence-electron chi connectivity index (χ1n) is 5.70. The van der Waals surface area contributed by atoms with Gasteiger partial charge in [-0.3, -0.25) is 0 Å². The van der Waals surface area contributed by atoms with E-state index in [1.165, 1.54) is 6.42 Å². The molecule has 1 N–H and O–H groups in total. The summed E-state index contributed by atoms with van der Waals surface area (Å²) in [6.07, 6.45) is 7.07. The van der Waals surface area contributed by atoms with Gasteiger partial charge in [0.2, 0.25) is 0 Å². The number of rotatable bonds is 6. The van der Waals surface area contributed by atoms with Gasteiger partial charge in [-0.2, -0.15) is 4.98 Å². The molecule has 15 heavy (non-hydrogen) atoms. The zero-order valence-corrected chi connectivity index (χ0v) is 9.16. The van der Waals surface area contributed by atoms with E-state index in [1.54, 1.807) is 6.26 Å². The Hall–Kier alpha value is -1.03. The molecule has 2 rings (SSSR count). The van der Waals surface area contributed by atoms with Crippen LogP contribution in [-0.4, -0.2) is 17.6 Å². The van der Waals surface area contributed by atoms with Crippen molar-refractivity contribution in [2.45, 2.75) is 45.3 Å². The second kappa shape index (κ2) is 5.16. The van der Waals surface area contributed by atoms with E-state index in [2.05, 4.69) is 17.2 Å². The highest BCUT2D eigenvalue weighted by Gasteiger charge is 2.21. The molecule has 1 heterocycles. The Morgan fingerprint density at radius 3 is 3.13 bits per heavy atom. The lowest BCUT2D eigenvalue weighted by atomic mass is 9.96. The highest BCUT2D eigenvalue weighted by molar-refractivity contribution is 5.00. The Bertz CT molecular complexity index is 295. The van der Waals surface area contributed by atoms with Crippen molar-refractivity contribution in [2.75, 3.05) is 6.54 Å². The summed E-state index contributed by atoms with van der Waals surface area (Å²) in [5.41, 5.74) is 0.915. The molecule has 0 saturated heterocycles. The molecule has 0 bridgehead atoms. The molecule has 1 saturated carbocycles. The van der Waals surface area contributed by atoms with Crippen molar-refractivity contribution in [3.8, 4) is 6.08 Å². The molecule has 0 aliphatic heterocycles. The van der Waals surface area contributed by atoms with Crippen LogP contribution in [-0.2, 0) is 6.54 Å². The summed E-state index contributed by atoms with van der Waals surface area (Å²) in [5, 5.41) is 3.27. The van der Waals surface area contributed by atoms with Crippen LogP contribution < -0.4 is 10.1 Å². The normalized spacial score (nSPS) is 16.3. The largest absolute Gasteiger partial charge is 0.447 e. The quantitative estimate of drug-likeness (QED) is 0.730. The van der Waals surface area contributed by atoms with Gasteiger partial charge in [0.05, 0.1) is 5.69 Å². The molecule has 84 valence electrons. The average molecular weight is 210 g/mol. The lowest BCUT2D eigenvalue weighted by molar-refractivity contribution is 0.0834. The predicted molar refractivity (Wildman–Crippen MR) is 56.8 cm³/mol. The Morgan fingerprint density at radius 2 is 2.47 bits per heavy atom. The Kier molecular flexibility index (Phi) is 3.61. The Balaban J connectivity index is 1.75. The van der Waals surface area contributed by atoms with Crippen LogP contribution in [0.3, 0.4) is 0 Å². The summed E-state index contributed by atoms with van der Waals surface area (Å²) in [7, 11) is 0. The fourth-order valence-corrected chi connectivity index (χ4v) is 1.45. The maximum atomic E-state index is 5.53. The van der Waals surface area contributed by atoms with Crippen LogP contribution in [0.4, 0.5) is 0 Å². The third kappa shape index (κ3) is 2.96. The lowest BCUT2D eigenvalue weighted by Crippen LogP contribution is -2.24. The first-order valence-corrected chi connectivity index (χ1v) is 5.70. The SMILES string of the molecule is CCCNCc1coc(OC2CCC2)n1. The van der Waals surface area contributed by atoms with E-state index in [0.717, 1.165) is 38.0 Å². The van der Waals surface area contributed by atoms with Gasteiger partial charge in [-0.1, -0.05) is 6.92 Å². The first-order chi connectivity index (χ1) is 7.38. The van der Waals surface area contributed by atoms with E-state index in [9.17, 15) is 0 Å². The number of oxazole rings is 1. The van der Waals surface area contributed by atoms with Gasteiger partial charge < -0.3 is 14.5 Å². The van der Waals surface area contributed by atoms with E-state index >= 15 is 0 Å². The summed E-state index contributed by atoms with van der Waals surface area (Å²) in [6, 6.07) is 0. The molecule has 4 heteroatoms. The number of nitrogens with zero attached hydrogens (tertiary/aromatic N) is 1. The van der Waals surface area contributed by atoms with Crippen LogP contribution in [0, 0.1) is 0 Å². The highest BCUT2D eigenvalue weighted by Crippen LogP contribution is 2.24. The Morgan fingerprint density at radius 1 is 1.60 bits per heavy atom. The zero-order chi connectivity index (χ0) is 10.5. The number of aromatic nitrogens is 1. The molecule has 1 aromatic heterocycles. The molecule has 1 aromatic rings. The van der Waals surface area contributed by atoms with Gasteiger partial charge in [0, 0.05) is 6.54 Å². The monoisotopic (exact) mass is 210 g/mol. The number of hydrogen-bond acceptors (Lipinski definition) is 4. The molecular weight excluding hydrogens is 192 g/mol. The van der Waals surface area contributed by atoms with Crippen LogP contribution in [0.2, 0.25) is 0 Å². The van der Waals surface area contributed by atoms with Gasteiger partial charge in [0.15, 0.2) is 0 Å². The second-order valence-electron chi connectivity index (χ2n) is 3.95. The first kappa shape index (κ1) is 10.5. The van der Waals surface area contributed by atoms with E-state index in [1.807, 2.05) is 0 Å². The minimum absolute atomic E-state index is 0.333. The van der Waals surface area contributed by atoms with Crippen molar-refractivity contribution < 1.29 is 9.15 Å². The van der Waals surface area contributed by atoms with E-state index < -0.39 is 0 Å². The van der Waals surface area contributed by atoms with E-state index in [-0.39, 0.29) is 0 Å². The average Bonchev–Trinajstić information content (AvgIpc) is 2.60. The molecule has 0 spiro atoms. The van der Waals surface area contributed by atoms with E-state index in [0.29, 0.717) is 12.2 Å². The molecule has 4 nitrogen and oxygen atoms in total. The maximum absolute atomic E-state index is 5.53. The number of ether oxygens (including phenoxy) is 1. The van der Waals surface area contributed by atoms with Crippen LogP contribution >= 0.6 is 0 Å². The molecular formula is C11H18N2O2. The minimum Gasteiger partial charge on any atom is -0.447 e. The number of nitrogens with one attached hydrogen (secondary N) is 1. The van der Waals surface area contributed by atoms with Crippen molar-refractivity contribution in [1.29, 1.82) is 0 Å². The Labute approximate surface area is 90.0 Å². The molecule has 1 aliphatic carbocycles. The van der Waals surface area contributed by atoms with Gasteiger partial charge in [-0.05, 0) is 32.2 Å². The predicted octanol–water partition coefficient (Wildman–Crippen LogP) is 2.11. The van der Waals surface area contributed by atoms with Crippen molar-refractivity contribution in [1.82, 2.24) is 10.3 Å². The van der Waals surface area contributed by atoms with Crippen molar-refractivity contribution in [2.24, 2.45) is 0 Å². The van der Waals surface area contributed by atoms with Gasteiger partial charge in [-0.25, -0.2) is 0 Å². The van der Waals surface area contributed by atoms with Crippen molar-refractivity contribution in [3.05, 3.63) is 12.0 Å². The molecule has 0 unspecified atom stereocenters. The van der Waals surface area contributed by atoms with E-state index in [4.69, 9.17) is 9.15 Å². The highest BCUT2D eigenvalue weighted by atomic mass is 16.6. The van der Waals surface area contributed by atoms with Gasteiger partial charge in [-0.15, -0.1) is 0 Å². The lowest BCUT2D eigenvalue weighted by Gasteiger charge is -2.23. The zero-order valence-electron chi connectivity index (χ0n) is 9.16. The molecule has 0 radical (unpaired) electrons. The second-order valence-corrected chi connectivity index (χ2v) is 3.95. The maximum Gasteiger partial charge on any atom is 0.394 e. The third-order valence-electron chi connectivity index (χ3n) is 2.58. The van der Waals surface area contributed by atoms with Crippen molar-refractivity contribution >= 4 is 0 Å². The molecule has 1 aliphatic rings. The fourth-order valence-electron chi connectivity index (χ4n) is 1.45.